The van der Waals surface area contributed by atoms with Crippen LogP contribution in [0.1, 0.15) is 44.8 Å². The molecule has 0 aliphatic carbocycles. The Kier molecular flexibility index (Phi) is 5.32. The Hall–Kier alpha value is -2.34. The van der Waals surface area contributed by atoms with Crippen molar-refractivity contribution in [3.05, 3.63) is 45.7 Å². The van der Waals surface area contributed by atoms with Crippen molar-refractivity contribution in [1.82, 2.24) is 15.1 Å². The maximum Gasteiger partial charge on any atom is 0.273 e. The fourth-order valence-electron chi connectivity index (χ4n) is 3.61. The van der Waals surface area contributed by atoms with Gasteiger partial charge >= 0.3 is 0 Å². The molecular weight excluding hydrogens is 354 g/mol. The maximum absolute atomic E-state index is 13.0. The van der Waals surface area contributed by atoms with Crippen LogP contribution in [0.2, 0.25) is 5.02 Å². The molecule has 3 rings (SSSR count). The smallest absolute Gasteiger partial charge is 0.273 e. The first-order valence-corrected chi connectivity index (χ1v) is 8.97. The number of benzene rings is 1. The number of ketones is 1. The van der Waals surface area contributed by atoms with E-state index in [2.05, 4.69) is 10.2 Å². The van der Waals surface area contributed by atoms with Crippen LogP contribution in [0.4, 0.5) is 0 Å². The molecule has 1 amide bonds. The monoisotopic (exact) mass is 375 g/mol. The van der Waals surface area contributed by atoms with Gasteiger partial charge in [-0.1, -0.05) is 11.6 Å². The van der Waals surface area contributed by atoms with Gasteiger partial charge in [-0.15, -0.1) is 0 Å². The van der Waals surface area contributed by atoms with Crippen LogP contribution in [-0.4, -0.2) is 47.0 Å². The fourth-order valence-corrected chi connectivity index (χ4v) is 3.78. The fraction of sp³-hybridized carbons (Fsp3) is 0.421. The second kappa shape index (κ2) is 7.50. The van der Waals surface area contributed by atoms with Gasteiger partial charge in [-0.05, 0) is 49.9 Å². The SMILES string of the molecule is COc1c(C)cc(C(=O)[C@H]2CCCN(C(=O)c3[nH]ncc3Cl)C2)cc1C. The van der Waals surface area contributed by atoms with E-state index >= 15 is 0 Å². The van der Waals surface area contributed by atoms with Gasteiger partial charge in [-0.25, -0.2) is 0 Å². The normalized spacial score (nSPS) is 17.2. The lowest BCUT2D eigenvalue weighted by Crippen LogP contribution is -2.42. The number of hydrogen-bond acceptors (Lipinski definition) is 4. The van der Waals surface area contributed by atoms with Gasteiger partial charge in [0.25, 0.3) is 5.91 Å². The summed E-state index contributed by atoms with van der Waals surface area (Å²) in [5.74, 6) is 0.427. The number of aromatic amines is 1. The van der Waals surface area contributed by atoms with Crippen molar-refractivity contribution in [2.24, 2.45) is 5.92 Å². The summed E-state index contributed by atoms with van der Waals surface area (Å²) in [5, 5.41) is 6.72. The number of ether oxygens (including phenoxy) is 1. The minimum Gasteiger partial charge on any atom is -0.496 e. The highest BCUT2D eigenvalue weighted by Gasteiger charge is 2.31. The number of carbonyl (C=O) groups is 2. The first kappa shape index (κ1) is 18.5. The van der Waals surface area contributed by atoms with Crippen molar-refractivity contribution in [1.29, 1.82) is 0 Å². The summed E-state index contributed by atoms with van der Waals surface area (Å²) in [6.07, 6.45) is 2.95. The molecule has 0 radical (unpaired) electrons. The number of aryl methyl sites for hydroxylation is 2. The standard InChI is InChI=1S/C19H22ClN3O3/c1-11-7-14(8-12(2)18(11)26-3)17(24)13-5-4-6-23(10-13)19(25)16-15(20)9-21-22-16/h7-9,13H,4-6,10H2,1-3H3,(H,21,22)/t13-/m0/s1. The molecule has 1 aromatic carbocycles. The van der Waals surface area contributed by atoms with Crippen molar-refractivity contribution < 1.29 is 14.3 Å². The molecule has 0 unspecified atom stereocenters. The second-order valence-corrected chi connectivity index (χ2v) is 7.10. The molecule has 1 aromatic heterocycles. The Morgan fingerprint density at radius 2 is 2.00 bits per heavy atom. The molecule has 0 bridgehead atoms. The number of halogens is 1. The topological polar surface area (TPSA) is 75.3 Å². The third kappa shape index (κ3) is 3.46. The third-order valence-electron chi connectivity index (χ3n) is 4.84. The first-order valence-electron chi connectivity index (χ1n) is 8.60. The maximum atomic E-state index is 13.0. The predicted molar refractivity (Wildman–Crippen MR) is 99.0 cm³/mol. The molecule has 1 fully saturated rings. The molecule has 2 aromatic rings. The number of rotatable bonds is 4. The number of nitrogens with zero attached hydrogens (tertiary/aromatic N) is 2. The van der Waals surface area contributed by atoms with Crippen molar-refractivity contribution in [2.75, 3.05) is 20.2 Å². The Morgan fingerprint density at radius 1 is 1.31 bits per heavy atom. The molecule has 1 aliphatic heterocycles. The van der Waals surface area contributed by atoms with Gasteiger partial charge in [0.1, 0.15) is 11.4 Å². The van der Waals surface area contributed by atoms with E-state index in [9.17, 15) is 9.59 Å². The van der Waals surface area contributed by atoms with Crippen molar-refractivity contribution in [2.45, 2.75) is 26.7 Å². The molecule has 138 valence electrons. The van der Waals surface area contributed by atoms with Crippen molar-refractivity contribution in [3.8, 4) is 5.75 Å². The minimum atomic E-state index is -0.221. The van der Waals surface area contributed by atoms with Crippen LogP contribution in [0.25, 0.3) is 0 Å². The number of Topliss-reactive ketones (excluding diaryl/α,β-unsaturated/α-hetero) is 1. The van der Waals surface area contributed by atoms with Crippen LogP contribution >= 0.6 is 11.6 Å². The third-order valence-corrected chi connectivity index (χ3v) is 5.12. The van der Waals surface area contributed by atoms with E-state index in [4.69, 9.17) is 16.3 Å². The average molecular weight is 376 g/mol. The Bertz CT molecular complexity index is 823. The summed E-state index contributed by atoms with van der Waals surface area (Å²) >= 11 is 5.99. The quantitative estimate of drug-likeness (QED) is 0.831. The number of likely N-dealkylation sites (tertiary alicyclic amines) is 1. The van der Waals surface area contributed by atoms with Crippen LogP contribution in [0.5, 0.6) is 5.75 Å². The number of hydrogen-bond donors (Lipinski definition) is 1. The molecule has 6 nitrogen and oxygen atoms in total. The summed E-state index contributed by atoms with van der Waals surface area (Å²) in [4.78, 5) is 27.3. The highest BCUT2D eigenvalue weighted by atomic mass is 35.5. The predicted octanol–water partition coefficient (Wildman–Crippen LogP) is 3.42. The summed E-state index contributed by atoms with van der Waals surface area (Å²) in [7, 11) is 1.63. The van der Waals surface area contributed by atoms with Gasteiger partial charge < -0.3 is 9.64 Å². The lowest BCUT2D eigenvalue weighted by Gasteiger charge is -2.32. The average Bonchev–Trinajstić information content (AvgIpc) is 3.06. The van der Waals surface area contributed by atoms with Gasteiger partial charge in [-0.2, -0.15) is 5.10 Å². The van der Waals surface area contributed by atoms with E-state index in [0.29, 0.717) is 23.7 Å². The van der Waals surface area contributed by atoms with E-state index in [1.165, 1.54) is 6.20 Å². The number of H-pyrrole nitrogens is 1. The van der Waals surface area contributed by atoms with Crippen LogP contribution < -0.4 is 4.74 Å². The van der Waals surface area contributed by atoms with Gasteiger partial charge in [0.15, 0.2) is 5.78 Å². The van der Waals surface area contributed by atoms with E-state index in [-0.39, 0.29) is 23.3 Å². The van der Waals surface area contributed by atoms with Gasteiger partial charge in [0, 0.05) is 24.6 Å². The minimum absolute atomic E-state index is 0.0621. The van der Waals surface area contributed by atoms with E-state index in [1.807, 2.05) is 26.0 Å². The molecule has 7 heteroatoms. The van der Waals surface area contributed by atoms with Crippen LogP contribution in [0.15, 0.2) is 18.3 Å². The summed E-state index contributed by atoms with van der Waals surface area (Å²) < 4.78 is 5.37. The van der Waals surface area contributed by atoms with Crippen molar-refractivity contribution in [3.63, 3.8) is 0 Å². The number of amides is 1. The zero-order valence-corrected chi connectivity index (χ0v) is 15.9. The van der Waals surface area contributed by atoms with Gasteiger partial charge in [0.2, 0.25) is 0 Å². The molecule has 1 aliphatic rings. The summed E-state index contributed by atoms with van der Waals surface area (Å²) in [5.41, 5.74) is 2.81. The molecule has 1 saturated heterocycles. The number of carbonyl (C=O) groups excluding carboxylic acids is 2. The molecule has 1 atom stereocenters. The number of aromatic nitrogens is 2. The molecule has 2 heterocycles. The van der Waals surface area contributed by atoms with Gasteiger partial charge in [0.05, 0.1) is 18.3 Å². The summed E-state index contributed by atoms with van der Waals surface area (Å²) in [6, 6.07) is 3.72. The lowest BCUT2D eigenvalue weighted by molar-refractivity contribution is 0.0632. The van der Waals surface area contributed by atoms with Gasteiger partial charge in [-0.3, -0.25) is 14.7 Å². The highest BCUT2D eigenvalue weighted by Crippen LogP contribution is 2.28. The molecule has 0 spiro atoms. The van der Waals surface area contributed by atoms with E-state index in [1.54, 1.807) is 12.0 Å². The largest absolute Gasteiger partial charge is 0.496 e. The summed E-state index contributed by atoms with van der Waals surface area (Å²) in [6.45, 7) is 4.86. The van der Waals surface area contributed by atoms with E-state index < -0.39 is 0 Å². The van der Waals surface area contributed by atoms with E-state index in [0.717, 1.165) is 29.7 Å². The number of methoxy groups -OCH3 is 1. The molecule has 1 N–H and O–H groups in total. The number of piperidine rings is 1. The lowest BCUT2D eigenvalue weighted by atomic mass is 9.88. The Labute approximate surface area is 157 Å². The molecule has 26 heavy (non-hydrogen) atoms. The van der Waals surface area contributed by atoms with Crippen LogP contribution in [-0.2, 0) is 0 Å². The molecule has 0 saturated carbocycles. The Balaban J connectivity index is 1.78. The Morgan fingerprint density at radius 3 is 2.58 bits per heavy atom. The molecular formula is C19H22ClN3O3. The zero-order valence-electron chi connectivity index (χ0n) is 15.1. The highest BCUT2D eigenvalue weighted by molar-refractivity contribution is 6.33. The zero-order chi connectivity index (χ0) is 18.8. The second-order valence-electron chi connectivity index (χ2n) is 6.69. The number of nitrogens with one attached hydrogen (secondary N) is 1. The first-order chi connectivity index (χ1) is 12.4. The van der Waals surface area contributed by atoms with Crippen molar-refractivity contribution >= 4 is 23.3 Å². The van der Waals surface area contributed by atoms with Crippen LogP contribution in [0.3, 0.4) is 0 Å². The van der Waals surface area contributed by atoms with Crippen LogP contribution in [0, 0.1) is 19.8 Å².